The molecule has 0 bridgehead atoms. The fourth-order valence-corrected chi connectivity index (χ4v) is 2.54. The van der Waals surface area contributed by atoms with Crippen LogP contribution < -0.4 is 10.7 Å². The summed E-state index contributed by atoms with van der Waals surface area (Å²) in [5.41, 5.74) is 3.11. The molecule has 0 saturated heterocycles. The molecule has 0 saturated carbocycles. The summed E-state index contributed by atoms with van der Waals surface area (Å²) in [7, 11) is 0. The summed E-state index contributed by atoms with van der Waals surface area (Å²) in [5.74, 6) is -1.23. The minimum atomic E-state index is -0.570. The average molecular weight is 371 g/mol. The van der Waals surface area contributed by atoms with Crippen LogP contribution in [0.2, 0.25) is 0 Å². The number of amides is 2. The lowest BCUT2D eigenvalue weighted by Gasteiger charge is -2.26. The summed E-state index contributed by atoms with van der Waals surface area (Å²) < 4.78 is 13.0. The van der Waals surface area contributed by atoms with E-state index in [0.29, 0.717) is 12.0 Å². The van der Waals surface area contributed by atoms with Crippen molar-refractivity contribution < 1.29 is 19.1 Å². The van der Waals surface area contributed by atoms with E-state index in [-0.39, 0.29) is 12.2 Å². The number of rotatable bonds is 7. The van der Waals surface area contributed by atoms with Crippen LogP contribution in [-0.4, -0.2) is 28.7 Å². The predicted molar refractivity (Wildman–Crippen MR) is 101 cm³/mol. The topological polar surface area (TPSA) is 90.8 Å². The van der Waals surface area contributed by atoms with Crippen molar-refractivity contribution in [3.05, 3.63) is 65.5 Å². The van der Waals surface area contributed by atoms with E-state index in [1.54, 1.807) is 30.3 Å². The Hall–Kier alpha value is -3.22. The number of carbonyl (C=O) groups is 2. The van der Waals surface area contributed by atoms with Crippen molar-refractivity contribution in [2.75, 3.05) is 0 Å². The molecule has 0 radical (unpaired) electrons. The highest BCUT2D eigenvalue weighted by Gasteiger charge is 2.22. The van der Waals surface area contributed by atoms with Gasteiger partial charge in [0.1, 0.15) is 18.0 Å². The number of phenols is 1. The zero-order chi connectivity index (χ0) is 19.9. The largest absolute Gasteiger partial charge is 0.508 e. The van der Waals surface area contributed by atoms with Gasteiger partial charge in [-0.2, -0.15) is 5.10 Å². The van der Waals surface area contributed by atoms with E-state index in [1.165, 1.54) is 24.4 Å². The molecule has 142 valence electrons. The number of halogens is 1. The molecule has 2 amide bonds. The van der Waals surface area contributed by atoms with Crippen LogP contribution in [-0.2, 0) is 16.0 Å². The van der Waals surface area contributed by atoms with Crippen molar-refractivity contribution in [3.8, 4) is 5.75 Å². The van der Waals surface area contributed by atoms with E-state index in [0.717, 1.165) is 5.56 Å². The van der Waals surface area contributed by atoms with Crippen LogP contribution in [0.5, 0.6) is 5.75 Å². The van der Waals surface area contributed by atoms with E-state index in [9.17, 15) is 19.1 Å². The van der Waals surface area contributed by atoms with Crippen molar-refractivity contribution in [1.29, 1.82) is 0 Å². The van der Waals surface area contributed by atoms with Crippen molar-refractivity contribution in [1.82, 2.24) is 10.7 Å². The lowest BCUT2D eigenvalue weighted by atomic mass is 9.94. The summed E-state index contributed by atoms with van der Waals surface area (Å²) >= 11 is 0. The summed E-state index contributed by atoms with van der Waals surface area (Å²) in [6, 6.07) is 12.5. The molecule has 0 aliphatic carbocycles. The summed E-state index contributed by atoms with van der Waals surface area (Å²) in [6.45, 7) is 3.69. The Morgan fingerprint density at radius 1 is 1.15 bits per heavy atom. The molecule has 2 rings (SSSR count). The van der Waals surface area contributed by atoms with Crippen LogP contribution in [0.1, 0.15) is 31.4 Å². The van der Waals surface area contributed by atoms with Crippen LogP contribution in [0.15, 0.2) is 53.6 Å². The minimum Gasteiger partial charge on any atom is -0.508 e. The van der Waals surface area contributed by atoms with Crippen LogP contribution in [0.4, 0.5) is 4.39 Å². The Labute approximate surface area is 157 Å². The summed E-state index contributed by atoms with van der Waals surface area (Å²) in [6.07, 6.45) is 1.46. The first-order valence-corrected chi connectivity index (χ1v) is 8.40. The van der Waals surface area contributed by atoms with Gasteiger partial charge >= 0.3 is 0 Å². The molecule has 27 heavy (non-hydrogen) atoms. The monoisotopic (exact) mass is 371 g/mol. The Kier molecular flexibility index (Phi) is 6.65. The Balaban J connectivity index is 1.81. The number of aromatic hydroxyl groups is 1. The number of phenolic OH excluding ortho intramolecular Hbond substituents is 1. The molecule has 0 aliphatic rings. The molecule has 2 aromatic rings. The molecule has 0 spiro atoms. The van der Waals surface area contributed by atoms with Crippen molar-refractivity contribution in [2.24, 2.45) is 5.10 Å². The zero-order valence-corrected chi connectivity index (χ0v) is 15.2. The summed E-state index contributed by atoms with van der Waals surface area (Å²) in [5, 5.41) is 15.8. The number of hydrogen-bond donors (Lipinski definition) is 3. The van der Waals surface area contributed by atoms with Gasteiger partial charge in [-0.25, -0.2) is 9.82 Å². The van der Waals surface area contributed by atoms with E-state index in [4.69, 9.17) is 0 Å². The molecular formula is C20H22FN3O3. The van der Waals surface area contributed by atoms with Crippen molar-refractivity contribution in [2.45, 2.75) is 32.2 Å². The second-order valence-electron chi connectivity index (χ2n) is 6.80. The van der Waals surface area contributed by atoms with Gasteiger partial charge in [-0.05, 0) is 55.7 Å². The van der Waals surface area contributed by atoms with Gasteiger partial charge in [0.2, 0.25) is 11.8 Å². The number of nitrogens with zero attached hydrogens (tertiary/aromatic N) is 1. The van der Waals surface area contributed by atoms with Gasteiger partial charge in [0, 0.05) is 5.54 Å². The fourth-order valence-electron chi connectivity index (χ4n) is 2.54. The highest BCUT2D eigenvalue weighted by molar-refractivity contribution is 5.97. The van der Waals surface area contributed by atoms with Gasteiger partial charge in [0.25, 0.3) is 0 Å². The van der Waals surface area contributed by atoms with E-state index < -0.39 is 23.2 Å². The third kappa shape index (κ3) is 7.27. The molecule has 0 aromatic heterocycles. The van der Waals surface area contributed by atoms with E-state index in [1.807, 2.05) is 13.8 Å². The number of nitrogens with one attached hydrogen (secondary N) is 2. The number of carbonyl (C=O) groups excluding carboxylic acids is 2. The summed E-state index contributed by atoms with van der Waals surface area (Å²) in [4.78, 5) is 23.9. The molecule has 6 nitrogen and oxygen atoms in total. The molecule has 2 aromatic carbocycles. The average Bonchev–Trinajstić information content (AvgIpc) is 2.56. The third-order valence-electron chi connectivity index (χ3n) is 3.63. The van der Waals surface area contributed by atoms with Crippen molar-refractivity contribution >= 4 is 18.0 Å². The molecule has 0 heterocycles. The van der Waals surface area contributed by atoms with Crippen LogP contribution in [0.25, 0.3) is 0 Å². The first-order chi connectivity index (χ1) is 12.7. The van der Waals surface area contributed by atoms with E-state index in [2.05, 4.69) is 15.8 Å². The van der Waals surface area contributed by atoms with Gasteiger partial charge in [-0.3, -0.25) is 9.59 Å². The Morgan fingerprint density at radius 2 is 1.85 bits per heavy atom. The SMILES string of the molecule is CC(C)(Cc1ccc(O)cc1)NC(=O)CC(=O)N/N=C/c1cccc(F)c1. The molecule has 0 fully saturated rings. The third-order valence-corrected chi connectivity index (χ3v) is 3.63. The quantitative estimate of drug-likeness (QED) is 0.397. The van der Waals surface area contributed by atoms with Gasteiger partial charge in [-0.15, -0.1) is 0 Å². The lowest BCUT2D eigenvalue weighted by molar-refractivity contribution is -0.130. The molecule has 3 N–H and O–H groups in total. The highest BCUT2D eigenvalue weighted by Crippen LogP contribution is 2.16. The fraction of sp³-hybridized carbons (Fsp3) is 0.250. The maximum Gasteiger partial charge on any atom is 0.249 e. The van der Waals surface area contributed by atoms with Crippen LogP contribution in [0, 0.1) is 5.82 Å². The van der Waals surface area contributed by atoms with Gasteiger partial charge in [-0.1, -0.05) is 24.3 Å². The molecule has 7 heteroatoms. The molecule has 0 aliphatic heterocycles. The first-order valence-electron chi connectivity index (χ1n) is 8.40. The van der Waals surface area contributed by atoms with Gasteiger partial charge in [0.15, 0.2) is 0 Å². The predicted octanol–water partition coefficient (Wildman–Crippen LogP) is 2.51. The second kappa shape index (κ2) is 8.93. The Bertz CT molecular complexity index is 833. The zero-order valence-electron chi connectivity index (χ0n) is 15.2. The second-order valence-corrected chi connectivity index (χ2v) is 6.80. The van der Waals surface area contributed by atoms with Gasteiger partial charge in [0.05, 0.1) is 6.21 Å². The minimum absolute atomic E-state index is 0.177. The maximum atomic E-state index is 13.0. The number of hydrazone groups is 1. The Morgan fingerprint density at radius 3 is 2.52 bits per heavy atom. The smallest absolute Gasteiger partial charge is 0.249 e. The van der Waals surface area contributed by atoms with Crippen molar-refractivity contribution in [3.63, 3.8) is 0 Å². The first kappa shape index (κ1) is 20.1. The van der Waals surface area contributed by atoms with Gasteiger partial charge < -0.3 is 10.4 Å². The molecule has 0 atom stereocenters. The standard InChI is InChI=1S/C20H22FN3O3/c1-20(2,12-14-6-8-17(25)9-7-14)23-18(26)11-19(27)24-22-13-15-4-3-5-16(21)10-15/h3-10,13,25H,11-12H2,1-2H3,(H,23,26)(H,24,27)/b22-13+. The normalized spacial score (nSPS) is 11.4. The van der Waals surface area contributed by atoms with Crippen LogP contribution in [0.3, 0.4) is 0 Å². The lowest BCUT2D eigenvalue weighted by Crippen LogP contribution is -2.46. The van der Waals surface area contributed by atoms with E-state index >= 15 is 0 Å². The molecular weight excluding hydrogens is 349 g/mol. The van der Waals surface area contributed by atoms with Crippen LogP contribution >= 0.6 is 0 Å². The number of benzene rings is 2. The highest BCUT2D eigenvalue weighted by atomic mass is 19.1. The number of hydrogen-bond acceptors (Lipinski definition) is 4. The molecule has 0 unspecified atom stereocenters. The maximum absolute atomic E-state index is 13.0.